The summed E-state index contributed by atoms with van der Waals surface area (Å²) in [7, 11) is 1.82. The second-order valence-electron chi connectivity index (χ2n) is 5.92. The van der Waals surface area contributed by atoms with E-state index in [0.29, 0.717) is 10.9 Å². The van der Waals surface area contributed by atoms with E-state index in [0.717, 1.165) is 26.6 Å². The second-order valence-corrected chi connectivity index (χ2v) is 7.93. The number of aryl methyl sites for hydroxylation is 2. The molecule has 0 N–H and O–H groups in total. The highest BCUT2D eigenvalue weighted by Crippen LogP contribution is 2.29. The van der Waals surface area contributed by atoms with Crippen molar-refractivity contribution in [3.8, 4) is 0 Å². The van der Waals surface area contributed by atoms with Crippen molar-refractivity contribution in [3.63, 3.8) is 0 Å². The number of aromatic nitrogens is 3. The number of amides is 1. The molecule has 5 nitrogen and oxygen atoms in total. The van der Waals surface area contributed by atoms with Crippen LogP contribution >= 0.6 is 23.1 Å². The monoisotopic (exact) mass is 372 g/mol. The SMILES string of the molecule is Cc1cc(C)nc(SCC(=O)N(C)C(C)c2nc3ccccc3s2)n1. The van der Waals surface area contributed by atoms with Crippen LogP contribution in [0.5, 0.6) is 0 Å². The number of carbonyl (C=O) groups excluding carboxylic acids is 1. The molecule has 2 heterocycles. The Bertz CT molecular complexity index is 856. The van der Waals surface area contributed by atoms with Crippen LogP contribution in [0.25, 0.3) is 10.2 Å². The maximum atomic E-state index is 12.5. The highest BCUT2D eigenvalue weighted by atomic mass is 32.2. The summed E-state index contributed by atoms with van der Waals surface area (Å²) in [6, 6.07) is 9.89. The molecule has 3 rings (SSSR count). The molecule has 1 amide bonds. The van der Waals surface area contributed by atoms with E-state index in [9.17, 15) is 4.79 Å². The fourth-order valence-electron chi connectivity index (χ4n) is 2.44. The van der Waals surface area contributed by atoms with Gasteiger partial charge in [0.1, 0.15) is 5.01 Å². The lowest BCUT2D eigenvalue weighted by Gasteiger charge is -2.23. The van der Waals surface area contributed by atoms with Crippen molar-refractivity contribution in [2.45, 2.75) is 32.0 Å². The van der Waals surface area contributed by atoms with E-state index in [4.69, 9.17) is 0 Å². The van der Waals surface area contributed by atoms with Gasteiger partial charge in [0.2, 0.25) is 5.91 Å². The highest BCUT2D eigenvalue weighted by Gasteiger charge is 2.21. The van der Waals surface area contributed by atoms with E-state index < -0.39 is 0 Å². The van der Waals surface area contributed by atoms with Crippen LogP contribution in [0, 0.1) is 13.8 Å². The fraction of sp³-hybridized carbons (Fsp3) is 0.333. The largest absolute Gasteiger partial charge is 0.336 e. The second kappa shape index (κ2) is 7.49. The summed E-state index contributed by atoms with van der Waals surface area (Å²) in [5, 5.41) is 1.59. The third-order valence-electron chi connectivity index (χ3n) is 3.93. The zero-order valence-electron chi connectivity index (χ0n) is 14.7. The number of fused-ring (bicyclic) bond motifs is 1. The summed E-state index contributed by atoms with van der Waals surface area (Å²) in [5.41, 5.74) is 2.81. The van der Waals surface area contributed by atoms with Crippen LogP contribution < -0.4 is 0 Å². The number of thiazole rings is 1. The predicted octanol–water partition coefficient (Wildman–Crippen LogP) is 4.01. The number of benzene rings is 1. The summed E-state index contributed by atoms with van der Waals surface area (Å²) in [6.45, 7) is 5.87. The molecule has 1 aromatic carbocycles. The van der Waals surface area contributed by atoms with Crippen molar-refractivity contribution >= 4 is 39.2 Å². The molecule has 0 bridgehead atoms. The van der Waals surface area contributed by atoms with E-state index in [1.54, 1.807) is 16.2 Å². The molecule has 2 aromatic heterocycles. The van der Waals surface area contributed by atoms with Gasteiger partial charge in [0.15, 0.2) is 5.16 Å². The number of rotatable bonds is 5. The number of thioether (sulfide) groups is 1. The fourth-order valence-corrected chi connectivity index (χ4v) is 4.37. The normalized spacial score (nSPS) is 12.3. The van der Waals surface area contributed by atoms with Crippen LogP contribution in [0.3, 0.4) is 0 Å². The van der Waals surface area contributed by atoms with E-state index in [-0.39, 0.29) is 11.9 Å². The number of carbonyl (C=O) groups is 1. The Kier molecular flexibility index (Phi) is 5.34. The molecule has 0 saturated carbocycles. The van der Waals surface area contributed by atoms with Crippen molar-refractivity contribution in [3.05, 3.63) is 46.7 Å². The third kappa shape index (κ3) is 4.16. The molecule has 1 atom stereocenters. The molecule has 130 valence electrons. The maximum Gasteiger partial charge on any atom is 0.233 e. The first-order chi connectivity index (χ1) is 11.9. The molecular weight excluding hydrogens is 352 g/mol. The molecule has 0 spiro atoms. The minimum atomic E-state index is -0.0642. The Balaban J connectivity index is 1.66. The van der Waals surface area contributed by atoms with Crippen LogP contribution in [0.15, 0.2) is 35.5 Å². The summed E-state index contributed by atoms with van der Waals surface area (Å²) in [5.74, 6) is 0.355. The quantitative estimate of drug-likeness (QED) is 0.500. The van der Waals surface area contributed by atoms with E-state index >= 15 is 0 Å². The van der Waals surface area contributed by atoms with Gasteiger partial charge in [-0.1, -0.05) is 23.9 Å². The van der Waals surface area contributed by atoms with Gasteiger partial charge in [0.25, 0.3) is 0 Å². The molecule has 25 heavy (non-hydrogen) atoms. The zero-order valence-corrected chi connectivity index (χ0v) is 16.3. The molecule has 0 saturated heterocycles. The Morgan fingerprint density at radius 3 is 2.56 bits per heavy atom. The number of hydrogen-bond donors (Lipinski definition) is 0. The Hall–Kier alpha value is -1.99. The van der Waals surface area contributed by atoms with Gasteiger partial charge < -0.3 is 4.90 Å². The lowest BCUT2D eigenvalue weighted by molar-refractivity contribution is -0.128. The Morgan fingerprint density at radius 1 is 1.20 bits per heavy atom. The van der Waals surface area contributed by atoms with E-state index in [1.807, 2.05) is 52.1 Å². The van der Waals surface area contributed by atoms with Crippen LogP contribution in [0.2, 0.25) is 0 Å². The minimum Gasteiger partial charge on any atom is -0.336 e. The topological polar surface area (TPSA) is 59.0 Å². The number of para-hydroxylation sites is 1. The molecule has 1 unspecified atom stereocenters. The molecule has 0 aliphatic rings. The molecular formula is C18H20N4OS2. The molecule has 0 fully saturated rings. The Labute approximate surface area is 155 Å². The Morgan fingerprint density at radius 2 is 1.88 bits per heavy atom. The van der Waals surface area contributed by atoms with Gasteiger partial charge >= 0.3 is 0 Å². The van der Waals surface area contributed by atoms with Gasteiger partial charge in [-0.2, -0.15) is 0 Å². The average Bonchev–Trinajstić information content (AvgIpc) is 3.01. The van der Waals surface area contributed by atoms with Gasteiger partial charge in [-0.15, -0.1) is 11.3 Å². The van der Waals surface area contributed by atoms with Gasteiger partial charge in [0, 0.05) is 18.4 Å². The molecule has 0 radical (unpaired) electrons. The molecule has 0 aliphatic carbocycles. The summed E-state index contributed by atoms with van der Waals surface area (Å²) >= 11 is 3.01. The van der Waals surface area contributed by atoms with Gasteiger partial charge in [-0.3, -0.25) is 4.79 Å². The predicted molar refractivity (Wildman–Crippen MR) is 103 cm³/mol. The number of hydrogen-bond acceptors (Lipinski definition) is 6. The van der Waals surface area contributed by atoms with Crippen LogP contribution in [-0.2, 0) is 4.79 Å². The van der Waals surface area contributed by atoms with Crippen molar-refractivity contribution in [2.24, 2.45) is 0 Å². The van der Waals surface area contributed by atoms with Crippen molar-refractivity contribution < 1.29 is 4.79 Å². The van der Waals surface area contributed by atoms with Crippen LogP contribution in [0.4, 0.5) is 0 Å². The van der Waals surface area contributed by atoms with Crippen LogP contribution in [-0.4, -0.2) is 38.6 Å². The molecule has 7 heteroatoms. The summed E-state index contributed by atoms with van der Waals surface area (Å²) in [6.07, 6.45) is 0. The smallest absolute Gasteiger partial charge is 0.233 e. The minimum absolute atomic E-state index is 0.0412. The first kappa shape index (κ1) is 17.8. The first-order valence-corrected chi connectivity index (χ1v) is 9.80. The van der Waals surface area contributed by atoms with Crippen LogP contribution in [0.1, 0.15) is 29.4 Å². The van der Waals surface area contributed by atoms with E-state index in [2.05, 4.69) is 21.0 Å². The van der Waals surface area contributed by atoms with E-state index in [1.165, 1.54) is 11.8 Å². The van der Waals surface area contributed by atoms with Gasteiger partial charge in [-0.05, 0) is 39.0 Å². The van der Waals surface area contributed by atoms with Crippen molar-refractivity contribution in [1.82, 2.24) is 19.9 Å². The first-order valence-electron chi connectivity index (χ1n) is 8.00. The molecule has 0 aliphatic heterocycles. The highest BCUT2D eigenvalue weighted by molar-refractivity contribution is 7.99. The summed E-state index contributed by atoms with van der Waals surface area (Å²) in [4.78, 5) is 27.7. The lowest BCUT2D eigenvalue weighted by Crippen LogP contribution is -2.31. The third-order valence-corrected chi connectivity index (χ3v) is 5.97. The van der Waals surface area contributed by atoms with Crippen molar-refractivity contribution in [1.29, 1.82) is 0 Å². The summed E-state index contributed by atoms with van der Waals surface area (Å²) < 4.78 is 1.14. The lowest BCUT2D eigenvalue weighted by atomic mass is 10.3. The molecule has 3 aromatic rings. The zero-order chi connectivity index (χ0) is 18.0. The van der Waals surface area contributed by atoms with Gasteiger partial charge in [-0.25, -0.2) is 15.0 Å². The average molecular weight is 373 g/mol. The maximum absolute atomic E-state index is 12.5. The number of nitrogens with zero attached hydrogens (tertiary/aromatic N) is 4. The standard InChI is InChI=1S/C18H20N4OS2/c1-11-9-12(2)20-18(19-11)24-10-16(23)22(4)13(3)17-21-14-7-5-6-8-15(14)25-17/h5-9,13H,10H2,1-4H3. The van der Waals surface area contributed by atoms with Gasteiger partial charge in [0.05, 0.1) is 22.0 Å². The van der Waals surface area contributed by atoms with Crippen molar-refractivity contribution in [2.75, 3.05) is 12.8 Å².